The van der Waals surface area contributed by atoms with Crippen molar-refractivity contribution in [1.82, 2.24) is 4.57 Å². The molecule has 0 amide bonds. The van der Waals surface area contributed by atoms with E-state index in [4.69, 9.17) is 5.73 Å². The van der Waals surface area contributed by atoms with Gasteiger partial charge in [-0.25, -0.2) is 4.99 Å². The Hall–Kier alpha value is -2.03. The largest absolute Gasteiger partial charge is 0.395 e. The Labute approximate surface area is 108 Å². The summed E-state index contributed by atoms with van der Waals surface area (Å²) in [6, 6.07) is 8.48. The number of allylic oxidation sites excluding steroid dienone is 2. The van der Waals surface area contributed by atoms with Gasteiger partial charge in [0.05, 0.1) is 11.2 Å². The molecule has 0 saturated carbocycles. The summed E-state index contributed by atoms with van der Waals surface area (Å²) in [7, 11) is 0. The van der Waals surface area contributed by atoms with Crippen molar-refractivity contribution in [2.45, 2.75) is 26.8 Å². The van der Waals surface area contributed by atoms with Crippen LogP contribution in [0.15, 0.2) is 41.4 Å². The quantitative estimate of drug-likeness (QED) is 0.808. The zero-order valence-electron chi connectivity index (χ0n) is 11.1. The summed E-state index contributed by atoms with van der Waals surface area (Å²) in [5, 5.41) is 1.07. The summed E-state index contributed by atoms with van der Waals surface area (Å²) >= 11 is 0. The third-order valence-electron chi connectivity index (χ3n) is 2.91. The van der Waals surface area contributed by atoms with Gasteiger partial charge in [0, 0.05) is 17.6 Å². The second-order valence-corrected chi connectivity index (χ2v) is 4.52. The number of rotatable bonds is 3. The maximum absolute atomic E-state index is 6.20. The lowest BCUT2D eigenvalue weighted by Crippen LogP contribution is -2.00. The molecule has 0 saturated heterocycles. The Morgan fingerprint density at radius 1 is 1.28 bits per heavy atom. The first-order valence-corrected chi connectivity index (χ1v) is 6.20. The Kier molecular flexibility index (Phi) is 3.51. The number of aliphatic imine (C=N–C) groups is 1. The molecule has 0 radical (unpaired) electrons. The molecule has 3 nitrogen and oxygen atoms in total. The minimum Gasteiger partial charge on any atom is -0.395 e. The summed E-state index contributed by atoms with van der Waals surface area (Å²) in [5.74, 6) is 0.837. The average molecular weight is 241 g/mol. The fraction of sp³-hybridized carbons (Fsp3) is 0.267. The molecule has 0 spiro atoms. The molecule has 0 fully saturated rings. The van der Waals surface area contributed by atoms with Crippen LogP contribution in [0.25, 0.3) is 10.9 Å². The second kappa shape index (κ2) is 5.08. The predicted molar refractivity (Wildman–Crippen MR) is 79.7 cm³/mol. The van der Waals surface area contributed by atoms with E-state index in [1.54, 1.807) is 6.21 Å². The molecule has 0 atom stereocenters. The van der Waals surface area contributed by atoms with Crippen LogP contribution in [0.5, 0.6) is 0 Å². The second-order valence-electron chi connectivity index (χ2n) is 4.52. The number of benzene rings is 1. The van der Waals surface area contributed by atoms with Crippen LogP contribution in [0.1, 0.15) is 26.8 Å². The van der Waals surface area contributed by atoms with Gasteiger partial charge in [-0.15, -0.1) is 0 Å². The molecule has 2 N–H and O–H groups in total. The highest BCUT2D eigenvalue weighted by atomic mass is 15.1. The van der Waals surface area contributed by atoms with Crippen molar-refractivity contribution in [1.29, 1.82) is 0 Å². The van der Waals surface area contributed by atoms with Gasteiger partial charge < -0.3 is 10.3 Å². The van der Waals surface area contributed by atoms with E-state index in [0.29, 0.717) is 6.04 Å². The van der Waals surface area contributed by atoms with E-state index < -0.39 is 0 Å². The highest BCUT2D eigenvalue weighted by Crippen LogP contribution is 2.37. The first-order chi connectivity index (χ1) is 8.66. The SMILES string of the molecule is C/C=C\C=N/c1c(N)c2ccccc2n1C(C)C. The molecule has 0 unspecified atom stereocenters. The van der Waals surface area contributed by atoms with Gasteiger partial charge in [0.15, 0.2) is 5.82 Å². The fourth-order valence-electron chi connectivity index (χ4n) is 2.13. The van der Waals surface area contributed by atoms with E-state index in [0.717, 1.165) is 22.4 Å². The Bertz CT molecular complexity index is 603. The van der Waals surface area contributed by atoms with Gasteiger partial charge in [0.25, 0.3) is 0 Å². The number of para-hydroxylation sites is 1. The number of hydrogen-bond donors (Lipinski definition) is 1. The fourth-order valence-corrected chi connectivity index (χ4v) is 2.13. The van der Waals surface area contributed by atoms with E-state index in [1.165, 1.54) is 0 Å². The molecule has 2 rings (SSSR count). The molecule has 18 heavy (non-hydrogen) atoms. The van der Waals surface area contributed by atoms with Gasteiger partial charge in [-0.3, -0.25) is 0 Å². The summed E-state index contributed by atoms with van der Waals surface area (Å²) in [6.07, 6.45) is 5.63. The molecule has 0 aliphatic rings. The Balaban J connectivity index is 2.70. The Morgan fingerprint density at radius 2 is 2.00 bits per heavy atom. The van der Waals surface area contributed by atoms with Gasteiger partial charge in [0.2, 0.25) is 0 Å². The lowest BCUT2D eigenvalue weighted by atomic mass is 10.2. The zero-order chi connectivity index (χ0) is 13.1. The molecule has 0 aliphatic carbocycles. The van der Waals surface area contributed by atoms with Crippen molar-refractivity contribution >= 4 is 28.6 Å². The number of fused-ring (bicyclic) bond motifs is 1. The van der Waals surface area contributed by atoms with Gasteiger partial charge >= 0.3 is 0 Å². The number of hydrogen-bond acceptors (Lipinski definition) is 2. The van der Waals surface area contributed by atoms with Crippen molar-refractivity contribution in [3.05, 3.63) is 36.4 Å². The van der Waals surface area contributed by atoms with Gasteiger partial charge in [-0.05, 0) is 32.9 Å². The lowest BCUT2D eigenvalue weighted by Gasteiger charge is -2.11. The molecule has 1 aromatic carbocycles. The number of nitrogen functional groups attached to an aromatic ring is 1. The topological polar surface area (TPSA) is 43.3 Å². The van der Waals surface area contributed by atoms with Crippen LogP contribution in [0.2, 0.25) is 0 Å². The molecule has 1 heterocycles. The minimum absolute atomic E-state index is 0.324. The number of nitrogens with two attached hydrogens (primary N) is 1. The first kappa shape index (κ1) is 12.4. The van der Waals surface area contributed by atoms with E-state index in [1.807, 2.05) is 37.3 Å². The van der Waals surface area contributed by atoms with Crippen molar-refractivity contribution in [3.63, 3.8) is 0 Å². The van der Waals surface area contributed by atoms with E-state index in [9.17, 15) is 0 Å². The highest BCUT2D eigenvalue weighted by Gasteiger charge is 2.15. The number of aromatic nitrogens is 1. The molecule has 1 aromatic heterocycles. The van der Waals surface area contributed by atoms with Crippen LogP contribution < -0.4 is 5.73 Å². The molecular formula is C15H19N3. The summed E-state index contributed by atoms with van der Waals surface area (Å²) < 4.78 is 2.17. The van der Waals surface area contributed by atoms with Crippen LogP contribution in [-0.4, -0.2) is 10.8 Å². The van der Waals surface area contributed by atoms with Crippen LogP contribution in [-0.2, 0) is 0 Å². The molecule has 0 aliphatic heterocycles. The molecule has 3 heteroatoms. The smallest absolute Gasteiger partial charge is 0.157 e. The third kappa shape index (κ3) is 2.04. The van der Waals surface area contributed by atoms with Crippen molar-refractivity contribution in [2.24, 2.45) is 4.99 Å². The zero-order valence-corrected chi connectivity index (χ0v) is 11.1. The average Bonchev–Trinajstić information content (AvgIpc) is 2.64. The normalized spacial score (nSPS) is 12.4. The summed E-state index contributed by atoms with van der Waals surface area (Å²) in [5.41, 5.74) is 8.09. The van der Waals surface area contributed by atoms with Crippen LogP contribution in [0.4, 0.5) is 11.5 Å². The summed E-state index contributed by atoms with van der Waals surface area (Å²) in [6.45, 7) is 6.24. The number of nitrogens with zero attached hydrogens (tertiary/aromatic N) is 2. The third-order valence-corrected chi connectivity index (χ3v) is 2.91. The van der Waals surface area contributed by atoms with Crippen molar-refractivity contribution in [3.8, 4) is 0 Å². The standard InChI is InChI=1S/C15H19N3/c1-4-5-10-17-15-14(16)12-8-6-7-9-13(12)18(15)11(2)3/h4-11H,16H2,1-3H3/b5-4-,17-10-. The van der Waals surface area contributed by atoms with Crippen LogP contribution >= 0.6 is 0 Å². The maximum atomic E-state index is 6.20. The molecule has 94 valence electrons. The van der Waals surface area contributed by atoms with E-state index in [2.05, 4.69) is 29.5 Å². The number of anilines is 1. The van der Waals surface area contributed by atoms with Crippen molar-refractivity contribution in [2.75, 3.05) is 5.73 Å². The molecule has 0 bridgehead atoms. The predicted octanol–water partition coefficient (Wildman–Crippen LogP) is 4.08. The van der Waals surface area contributed by atoms with E-state index in [-0.39, 0.29) is 0 Å². The first-order valence-electron chi connectivity index (χ1n) is 6.20. The highest BCUT2D eigenvalue weighted by molar-refractivity contribution is 5.99. The van der Waals surface area contributed by atoms with Gasteiger partial charge in [-0.1, -0.05) is 24.3 Å². The molecule has 2 aromatic rings. The van der Waals surface area contributed by atoms with E-state index >= 15 is 0 Å². The van der Waals surface area contributed by atoms with Crippen LogP contribution in [0.3, 0.4) is 0 Å². The summed E-state index contributed by atoms with van der Waals surface area (Å²) in [4.78, 5) is 4.48. The monoisotopic (exact) mass is 241 g/mol. The molecular weight excluding hydrogens is 222 g/mol. The maximum Gasteiger partial charge on any atom is 0.157 e. The lowest BCUT2D eigenvalue weighted by molar-refractivity contribution is 0.627. The minimum atomic E-state index is 0.324. The van der Waals surface area contributed by atoms with Gasteiger partial charge in [0.1, 0.15) is 0 Å². The Morgan fingerprint density at radius 3 is 2.67 bits per heavy atom. The van der Waals surface area contributed by atoms with Gasteiger partial charge in [-0.2, -0.15) is 0 Å². The van der Waals surface area contributed by atoms with Crippen molar-refractivity contribution < 1.29 is 0 Å². The van der Waals surface area contributed by atoms with Crippen LogP contribution in [0, 0.1) is 0 Å².